The summed E-state index contributed by atoms with van der Waals surface area (Å²) in [6.45, 7) is 9.83. The minimum Gasteiger partial charge on any atom is -0.497 e. The zero-order valence-corrected chi connectivity index (χ0v) is 32.5. The van der Waals surface area contributed by atoms with Crippen molar-refractivity contribution >= 4 is 44.6 Å². The molecule has 2 amide bonds. The Bertz CT molecular complexity index is 2220. The number of hydrogen-bond donors (Lipinski definition) is 1. The second kappa shape index (κ2) is 14.4. The number of ether oxygens (including phenoxy) is 2. The predicted molar refractivity (Wildman–Crippen MR) is 206 cm³/mol. The molecule has 2 aromatic heterocycles. The summed E-state index contributed by atoms with van der Waals surface area (Å²) in [5, 5.41) is 5.95. The quantitative estimate of drug-likeness (QED) is 0.227. The van der Waals surface area contributed by atoms with E-state index in [-0.39, 0.29) is 23.7 Å². The first kappa shape index (κ1) is 36.9. The van der Waals surface area contributed by atoms with Crippen molar-refractivity contribution < 1.29 is 27.5 Å². The lowest BCUT2D eigenvalue weighted by Crippen LogP contribution is -2.48. The van der Waals surface area contributed by atoms with Crippen molar-refractivity contribution in [2.24, 2.45) is 0 Å². The van der Waals surface area contributed by atoms with Crippen LogP contribution in [-0.2, 0) is 28.0 Å². The summed E-state index contributed by atoms with van der Waals surface area (Å²) >= 11 is 0. The van der Waals surface area contributed by atoms with Gasteiger partial charge in [0.2, 0.25) is 0 Å². The van der Waals surface area contributed by atoms with E-state index >= 15 is 0 Å². The summed E-state index contributed by atoms with van der Waals surface area (Å²) in [4.78, 5) is 29.9. The Morgan fingerprint density at radius 1 is 1.02 bits per heavy atom. The maximum absolute atomic E-state index is 14.6. The fourth-order valence-corrected chi connectivity index (χ4v) is 9.02. The number of methoxy groups -OCH3 is 1. The van der Waals surface area contributed by atoms with E-state index in [4.69, 9.17) is 14.6 Å². The molecule has 53 heavy (non-hydrogen) atoms. The third-order valence-electron chi connectivity index (χ3n) is 10.9. The average molecular weight is 743 g/mol. The Morgan fingerprint density at radius 2 is 1.74 bits per heavy atom. The first-order valence-corrected chi connectivity index (χ1v) is 20.1. The molecule has 7 rings (SSSR count). The maximum atomic E-state index is 14.6. The van der Waals surface area contributed by atoms with Crippen LogP contribution in [0.2, 0.25) is 0 Å². The fourth-order valence-electron chi connectivity index (χ4n) is 8.49. The molecule has 13 heteroatoms. The number of amides is 2. The highest BCUT2D eigenvalue weighted by molar-refractivity contribution is 7.87. The zero-order valence-electron chi connectivity index (χ0n) is 31.7. The number of carbonyl (C=O) groups excluding carboxylic acids is 2. The number of morpholine rings is 1. The maximum Gasteiger partial charge on any atom is 0.303 e. The van der Waals surface area contributed by atoms with Crippen LogP contribution in [-0.4, -0.2) is 90.3 Å². The number of nitrogens with zero attached hydrogens (tertiary/aromatic N) is 5. The van der Waals surface area contributed by atoms with Gasteiger partial charge in [0.25, 0.3) is 11.8 Å². The molecule has 2 aliphatic heterocycles. The Morgan fingerprint density at radius 3 is 2.40 bits per heavy atom. The minimum atomic E-state index is -4.01. The van der Waals surface area contributed by atoms with Gasteiger partial charge in [-0.15, -0.1) is 0 Å². The SMILES string of the molecule is CCn1nc(C)c(C(=O)N2C[C@@H](C)O[C@@H](C)C2)c1C1=Cc2cc(OC)ccc2-c2c(C3CCCCC3)c3ccc(C(=O)NS(=O)(=O)N(C)C)cc3n2C1. The van der Waals surface area contributed by atoms with Gasteiger partial charge >= 0.3 is 10.2 Å². The van der Waals surface area contributed by atoms with E-state index in [9.17, 15) is 18.0 Å². The van der Waals surface area contributed by atoms with Crippen molar-refractivity contribution in [3.05, 3.63) is 70.0 Å². The van der Waals surface area contributed by atoms with Gasteiger partial charge in [-0.1, -0.05) is 25.3 Å². The van der Waals surface area contributed by atoms with E-state index in [0.29, 0.717) is 43.4 Å². The van der Waals surface area contributed by atoms with Crippen molar-refractivity contribution in [3.8, 4) is 17.0 Å². The van der Waals surface area contributed by atoms with Crippen LogP contribution in [0.1, 0.15) is 102 Å². The van der Waals surface area contributed by atoms with Crippen molar-refractivity contribution in [3.63, 3.8) is 0 Å². The number of carbonyl (C=O) groups is 2. The van der Waals surface area contributed by atoms with Crippen LogP contribution in [0.15, 0.2) is 36.4 Å². The number of aromatic nitrogens is 3. The van der Waals surface area contributed by atoms with Crippen LogP contribution >= 0.6 is 0 Å². The van der Waals surface area contributed by atoms with Crippen LogP contribution in [0.5, 0.6) is 5.75 Å². The topological polar surface area (TPSA) is 128 Å². The average Bonchev–Trinajstić information content (AvgIpc) is 3.57. The Labute approximate surface area is 311 Å². The summed E-state index contributed by atoms with van der Waals surface area (Å²) in [5.41, 5.74) is 8.26. The minimum absolute atomic E-state index is 0.0725. The normalized spacial score (nSPS) is 19.5. The third kappa shape index (κ3) is 6.79. The van der Waals surface area contributed by atoms with Crippen LogP contribution in [0, 0.1) is 6.92 Å². The molecule has 2 atom stereocenters. The smallest absolute Gasteiger partial charge is 0.303 e. The highest BCUT2D eigenvalue weighted by atomic mass is 32.2. The van der Waals surface area contributed by atoms with E-state index in [1.807, 2.05) is 61.5 Å². The molecule has 1 aliphatic carbocycles. The van der Waals surface area contributed by atoms with Gasteiger partial charge in [0.1, 0.15) is 5.75 Å². The van der Waals surface area contributed by atoms with Crippen molar-refractivity contribution in [1.29, 1.82) is 0 Å². The van der Waals surface area contributed by atoms with E-state index in [1.54, 1.807) is 13.2 Å². The summed E-state index contributed by atoms with van der Waals surface area (Å²) in [6, 6.07) is 11.6. The lowest BCUT2D eigenvalue weighted by Gasteiger charge is -2.35. The number of fused-ring (bicyclic) bond motifs is 5. The van der Waals surface area contributed by atoms with Crippen LogP contribution in [0.4, 0.5) is 0 Å². The molecule has 0 bridgehead atoms. The lowest BCUT2D eigenvalue weighted by atomic mass is 9.81. The molecular weight excluding hydrogens is 693 g/mol. The second-order valence-corrected chi connectivity index (χ2v) is 16.7. The third-order valence-corrected chi connectivity index (χ3v) is 12.3. The van der Waals surface area contributed by atoms with E-state index < -0.39 is 16.1 Å². The van der Waals surface area contributed by atoms with Gasteiger partial charge in [0, 0.05) is 55.8 Å². The van der Waals surface area contributed by atoms with Crippen LogP contribution < -0.4 is 9.46 Å². The van der Waals surface area contributed by atoms with Gasteiger partial charge in [-0.3, -0.25) is 14.3 Å². The Kier molecular flexibility index (Phi) is 10.0. The Balaban J connectivity index is 1.47. The Hall–Kier alpha value is -4.46. The molecule has 2 fully saturated rings. The molecular formula is C40H50N6O6S. The predicted octanol–water partition coefficient (Wildman–Crippen LogP) is 6.23. The molecule has 0 radical (unpaired) electrons. The highest BCUT2D eigenvalue weighted by Gasteiger charge is 2.35. The number of benzene rings is 2. The number of allylic oxidation sites excluding steroid dienone is 1. The number of hydrogen-bond acceptors (Lipinski definition) is 7. The number of nitrogens with one attached hydrogen (secondary N) is 1. The van der Waals surface area contributed by atoms with Gasteiger partial charge in [-0.25, -0.2) is 4.72 Å². The molecule has 1 N–H and O–H groups in total. The molecule has 2 aromatic carbocycles. The number of aryl methyl sites for hydroxylation is 2. The molecule has 12 nitrogen and oxygen atoms in total. The molecule has 0 spiro atoms. The largest absolute Gasteiger partial charge is 0.497 e. The van der Waals surface area contributed by atoms with Gasteiger partial charge in [0.05, 0.1) is 48.5 Å². The van der Waals surface area contributed by atoms with E-state index in [0.717, 1.165) is 74.7 Å². The zero-order chi connectivity index (χ0) is 37.8. The van der Waals surface area contributed by atoms with Crippen molar-refractivity contribution in [1.82, 2.24) is 28.3 Å². The monoisotopic (exact) mass is 742 g/mol. The van der Waals surface area contributed by atoms with Crippen LogP contribution in [0.25, 0.3) is 33.8 Å². The molecule has 3 aliphatic rings. The van der Waals surface area contributed by atoms with Gasteiger partial charge in [-0.05, 0) is 99.6 Å². The molecule has 0 unspecified atom stereocenters. The first-order chi connectivity index (χ1) is 25.3. The van der Waals surface area contributed by atoms with Crippen LogP contribution in [0.3, 0.4) is 0 Å². The first-order valence-electron chi connectivity index (χ1n) is 18.6. The molecule has 4 aromatic rings. The number of rotatable bonds is 8. The lowest BCUT2D eigenvalue weighted by molar-refractivity contribution is -0.0586. The fraction of sp³-hybridized carbons (Fsp3) is 0.475. The summed E-state index contributed by atoms with van der Waals surface area (Å²) < 4.78 is 44.4. The molecule has 4 heterocycles. The van der Waals surface area contributed by atoms with E-state index in [1.165, 1.54) is 26.1 Å². The summed E-state index contributed by atoms with van der Waals surface area (Å²) in [6.07, 6.45) is 7.56. The molecule has 1 saturated heterocycles. The summed E-state index contributed by atoms with van der Waals surface area (Å²) in [5.74, 6) is 0.249. The molecule has 1 saturated carbocycles. The molecule has 282 valence electrons. The van der Waals surface area contributed by atoms with Crippen molar-refractivity contribution in [2.75, 3.05) is 34.3 Å². The standard InChI is InChI=1S/C40H50N6O6S/c1-8-46-37(35(26(4)41-46)40(48)44-21-24(2)52-25(3)22-44)30-18-29-19-31(51-7)15-17-32(29)38-36(27-12-10-9-11-13-27)33-16-14-28(20-34(33)45(38)23-30)39(47)42-53(49,50)43(5)6/h14-20,24-25,27H,8-13,21-23H2,1-7H3,(H,42,47)/t24-,25+. The van der Waals surface area contributed by atoms with Crippen molar-refractivity contribution in [2.45, 2.75) is 91.0 Å². The van der Waals surface area contributed by atoms with Gasteiger partial charge in [-0.2, -0.15) is 17.8 Å². The second-order valence-electron chi connectivity index (χ2n) is 14.8. The van der Waals surface area contributed by atoms with Gasteiger partial charge < -0.3 is 18.9 Å². The highest BCUT2D eigenvalue weighted by Crippen LogP contribution is 2.48. The van der Waals surface area contributed by atoms with E-state index in [2.05, 4.69) is 21.4 Å². The van der Waals surface area contributed by atoms with Gasteiger partial charge in [0.15, 0.2) is 0 Å². The summed E-state index contributed by atoms with van der Waals surface area (Å²) in [7, 11) is 0.411.